The van der Waals surface area contributed by atoms with E-state index in [2.05, 4.69) is 5.92 Å². The van der Waals surface area contributed by atoms with Gasteiger partial charge in [0.25, 0.3) is 0 Å². The van der Waals surface area contributed by atoms with Crippen molar-refractivity contribution < 1.29 is 23.8 Å². The first-order valence-electron chi connectivity index (χ1n) is 9.96. The Labute approximate surface area is 171 Å². The van der Waals surface area contributed by atoms with E-state index in [-0.39, 0.29) is 24.2 Å². The molecule has 4 atom stereocenters. The number of ketones is 1. The second-order valence-corrected chi connectivity index (χ2v) is 8.90. The highest BCUT2D eigenvalue weighted by Crippen LogP contribution is 2.64. The summed E-state index contributed by atoms with van der Waals surface area (Å²) in [7, 11) is 0. The highest BCUT2D eigenvalue weighted by Gasteiger charge is 2.70. The maximum Gasteiger partial charge on any atom is 0.514 e. The Morgan fingerprint density at radius 2 is 1.76 bits per heavy atom. The average Bonchev–Trinajstić information content (AvgIpc) is 3.18. The first kappa shape index (κ1) is 19.7. The molecule has 2 fully saturated rings. The van der Waals surface area contributed by atoms with Crippen LogP contribution in [-0.2, 0) is 19.0 Å². The van der Waals surface area contributed by atoms with Crippen LogP contribution in [0.25, 0.3) is 5.57 Å². The zero-order valence-electron chi connectivity index (χ0n) is 17.5. The molecule has 0 N–H and O–H groups in total. The third-order valence-electron chi connectivity index (χ3n) is 6.68. The number of carbonyl (C=O) groups excluding carboxylic acids is 2. The Bertz CT molecular complexity index is 974. The van der Waals surface area contributed by atoms with E-state index in [1.807, 2.05) is 46.8 Å². The predicted molar refractivity (Wildman–Crippen MR) is 108 cm³/mol. The van der Waals surface area contributed by atoms with Crippen LogP contribution in [0.4, 0.5) is 4.79 Å². The van der Waals surface area contributed by atoms with Crippen LogP contribution in [-0.4, -0.2) is 29.7 Å². The molecule has 2 heterocycles. The molecule has 1 aliphatic carbocycles. The van der Waals surface area contributed by atoms with Crippen molar-refractivity contribution in [1.82, 2.24) is 0 Å². The van der Waals surface area contributed by atoms with E-state index in [1.165, 1.54) is 0 Å². The lowest BCUT2D eigenvalue weighted by molar-refractivity contribution is -0.122. The number of allylic oxidation sites excluding steroid dienone is 1. The second kappa shape index (κ2) is 6.47. The van der Waals surface area contributed by atoms with Crippen LogP contribution < -0.4 is 0 Å². The summed E-state index contributed by atoms with van der Waals surface area (Å²) in [6.45, 7) is 9.79. The smallest absolute Gasteiger partial charge is 0.421 e. The lowest BCUT2D eigenvalue weighted by atomic mass is 9.68. The molecule has 29 heavy (non-hydrogen) atoms. The van der Waals surface area contributed by atoms with Gasteiger partial charge in [0.2, 0.25) is 0 Å². The van der Waals surface area contributed by atoms with Crippen molar-refractivity contribution >= 4 is 17.5 Å². The number of fused-ring (bicyclic) bond motifs is 5. The molecule has 2 saturated heterocycles. The Kier molecular flexibility index (Phi) is 4.40. The van der Waals surface area contributed by atoms with Crippen molar-refractivity contribution in [1.29, 1.82) is 0 Å². The Hall–Kier alpha value is -2.58. The molecule has 0 saturated carbocycles. The van der Waals surface area contributed by atoms with Gasteiger partial charge in [-0.2, -0.15) is 0 Å². The van der Waals surface area contributed by atoms with Crippen LogP contribution in [0.5, 0.6) is 0 Å². The molecule has 0 aromatic heterocycles. The average molecular weight is 394 g/mol. The van der Waals surface area contributed by atoms with E-state index in [0.717, 1.165) is 35.1 Å². The first-order chi connectivity index (χ1) is 13.6. The SMILES string of the molecule is C#CCOC(=O)OC1=C(c2c(C)cc(C)cc2C)C(=O)[C@@H]2[C@H]1C1(C)CC[C@]2(C)O1. The van der Waals surface area contributed by atoms with Gasteiger partial charge < -0.3 is 14.2 Å². The molecule has 1 aromatic rings. The number of hydrogen-bond donors (Lipinski definition) is 0. The summed E-state index contributed by atoms with van der Waals surface area (Å²) in [4.78, 5) is 26.0. The fourth-order valence-electron chi connectivity index (χ4n) is 5.72. The van der Waals surface area contributed by atoms with Crippen molar-refractivity contribution in [3.05, 3.63) is 40.1 Å². The summed E-state index contributed by atoms with van der Waals surface area (Å²) >= 11 is 0. The predicted octanol–water partition coefficient (Wildman–Crippen LogP) is 4.27. The molecule has 5 heteroatoms. The second-order valence-electron chi connectivity index (χ2n) is 8.90. The van der Waals surface area contributed by atoms with Gasteiger partial charge in [0.15, 0.2) is 12.4 Å². The Morgan fingerprint density at radius 1 is 1.17 bits per heavy atom. The van der Waals surface area contributed by atoms with Crippen molar-refractivity contribution in [2.75, 3.05) is 6.61 Å². The van der Waals surface area contributed by atoms with Gasteiger partial charge in [0, 0.05) is 0 Å². The van der Waals surface area contributed by atoms with Gasteiger partial charge >= 0.3 is 6.16 Å². The van der Waals surface area contributed by atoms with E-state index < -0.39 is 17.4 Å². The summed E-state index contributed by atoms with van der Waals surface area (Å²) < 4.78 is 17.0. The van der Waals surface area contributed by atoms with Crippen molar-refractivity contribution in [3.63, 3.8) is 0 Å². The summed E-state index contributed by atoms with van der Waals surface area (Å²) in [6, 6.07) is 4.08. The van der Waals surface area contributed by atoms with Gasteiger partial charge in [-0.1, -0.05) is 23.6 Å². The fourth-order valence-corrected chi connectivity index (χ4v) is 5.72. The monoisotopic (exact) mass is 394 g/mol. The molecule has 0 radical (unpaired) electrons. The number of terminal acetylenes is 1. The minimum Gasteiger partial charge on any atom is -0.421 e. The van der Waals surface area contributed by atoms with Crippen LogP contribution in [0.2, 0.25) is 0 Å². The van der Waals surface area contributed by atoms with Crippen LogP contribution in [0, 0.1) is 45.0 Å². The van der Waals surface area contributed by atoms with Crippen molar-refractivity contribution in [2.45, 2.75) is 58.7 Å². The third kappa shape index (κ3) is 2.81. The van der Waals surface area contributed by atoms with E-state index in [9.17, 15) is 9.59 Å². The number of hydrogen-bond acceptors (Lipinski definition) is 5. The van der Waals surface area contributed by atoms with Gasteiger partial charge in [0.1, 0.15) is 5.76 Å². The number of ether oxygens (including phenoxy) is 3. The molecular weight excluding hydrogens is 368 g/mol. The molecule has 2 bridgehead atoms. The van der Waals surface area contributed by atoms with Crippen molar-refractivity contribution in [3.8, 4) is 12.3 Å². The maximum absolute atomic E-state index is 13.7. The molecule has 1 unspecified atom stereocenters. The molecule has 5 nitrogen and oxygen atoms in total. The van der Waals surface area contributed by atoms with Crippen LogP contribution in [0.1, 0.15) is 48.9 Å². The molecule has 2 aliphatic heterocycles. The van der Waals surface area contributed by atoms with Gasteiger partial charge in [-0.15, -0.1) is 6.42 Å². The Balaban J connectivity index is 1.89. The van der Waals surface area contributed by atoms with Crippen LogP contribution in [0.3, 0.4) is 0 Å². The number of Topliss-reactive ketones (excluding diaryl/α,β-unsaturated/α-hetero) is 1. The zero-order chi connectivity index (χ0) is 21.1. The summed E-state index contributed by atoms with van der Waals surface area (Å²) in [5.74, 6) is 1.92. The van der Waals surface area contributed by atoms with E-state index >= 15 is 0 Å². The lowest BCUT2D eigenvalue weighted by Gasteiger charge is -2.31. The van der Waals surface area contributed by atoms with Crippen LogP contribution >= 0.6 is 0 Å². The summed E-state index contributed by atoms with van der Waals surface area (Å²) in [6.07, 6.45) is 5.92. The topological polar surface area (TPSA) is 61.8 Å². The molecule has 1 aromatic carbocycles. The first-order valence-corrected chi connectivity index (χ1v) is 9.96. The minimum absolute atomic E-state index is 0.0178. The van der Waals surface area contributed by atoms with Gasteiger partial charge in [-0.05, 0) is 64.2 Å². The van der Waals surface area contributed by atoms with Gasteiger partial charge in [-0.25, -0.2) is 4.79 Å². The quantitative estimate of drug-likeness (QED) is 0.566. The third-order valence-corrected chi connectivity index (χ3v) is 6.68. The van der Waals surface area contributed by atoms with E-state index in [4.69, 9.17) is 20.6 Å². The largest absolute Gasteiger partial charge is 0.514 e. The summed E-state index contributed by atoms with van der Waals surface area (Å²) in [5, 5.41) is 0. The maximum atomic E-state index is 13.7. The number of carbonyl (C=O) groups is 2. The van der Waals surface area contributed by atoms with Gasteiger partial charge in [0.05, 0.1) is 28.6 Å². The number of rotatable bonds is 3. The Morgan fingerprint density at radius 3 is 2.34 bits per heavy atom. The molecule has 0 spiro atoms. The highest BCUT2D eigenvalue weighted by molar-refractivity contribution is 6.26. The standard InChI is InChI=1S/C24H26O5/c1-7-10-27-22(26)28-21-17(16-14(3)11-13(2)12-15(16)4)20(25)18-19(21)24(6)9-8-23(18,5)29-24/h1,11-12,18-19H,8-10H2,2-6H3/t18-,19+,23-,24?/m0/s1. The van der Waals surface area contributed by atoms with Crippen molar-refractivity contribution in [2.24, 2.45) is 11.8 Å². The molecule has 4 rings (SSSR count). The van der Waals surface area contributed by atoms with Gasteiger partial charge in [-0.3, -0.25) is 4.79 Å². The molecular formula is C24H26O5. The molecule has 152 valence electrons. The van der Waals surface area contributed by atoms with Crippen LogP contribution in [0.15, 0.2) is 17.9 Å². The minimum atomic E-state index is -0.886. The fraction of sp³-hybridized carbons (Fsp3) is 0.500. The normalized spacial score (nSPS) is 32.3. The highest BCUT2D eigenvalue weighted by atomic mass is 16.7. The lowest BCUT2D eigenvalue weighted by Crippen LogP contribution is -2.40. The summed E-state index contributed by atoms with van der Waals surface area (Å²) in [5.41, 5.74) is 3.29. The number of aryl methyl sites for hydroxylation is 3. The molecule has 0 amide bonds. The van der Waals surface area contributed by atoms with E-state index in [1.54, 1.807) is 0 Å². The van der Waals surface area contributed by atoms with E-state index in [0.29, 0.717) is 11.3 Å². The molecule has 3 aliphatic rings. The zero-order valence-corrected chi connectivity index (χ0v) is 17.5. The number of benzene rings is 1.